The summed E-state index contributed by atoms with van der Waals surface area (Å²) < 4.78 is 0. The summed E-state index contributed by atoms with van der Waals surface area (Å²) in [6.07, 6.45) is 4.75. The Labute approximate surface area is 144 Å². The summed E-state index contributed by atoms with van der Waals surface area (Å²) >= 11 is 3.29. The monoisotopic (exact) mass is 345 g/mol. The van der Waals surface area contributed by atoms with Gasteiger partial charge in [-0.3, -0.25) is 0 Å². The van der Waals surface area contributed by atoms with Gasteiger partial charge < -0.3 is 10.2 Å². The Kier molecular flexibility index (Phi) is 5.32. The summed E-state index contributed by atoms with van der Waals surface area (Å²) in [7, 11) is 4.15. The number of hydrogen-bond acceptors (Lipinski definition) is 7. The van der Waals surface area contributed by atoms with Crippen LogP contribution in [-0.4, -0.2) is 47.0 Å². The van der Waals surface area contributed by atoms with Crippen molar-refractivity contribution in [2.24, 2.45) is 0 Å². The third-order valence-electron chi connectivity index (χ3n) is 3.28. The lowest BCUT2D eigenvalue weighted by atomic mass is 10.2. The molecule has 0 radical (unpaired) electrons. The van der Waals surface area contributed by atoms with Crippen molar-refractivity contribution in [3.05, 3.63) is 35.3 Å². The highest BCUT2D eigenvalue weighted by atomic mass is 32.1. The number of thiophene rings is 1. The summed E-state index contributed by atoms with van der Waals surface area (Å²) in [6.45, 7) is 1.90. The Hall–Kier alpha value is -1.83. The second kappa shape index (κ2) is 7.63. The lowest BCUT2D eigenvalue weighted by molar-refractivity contribution is 0.405. The molecule has 0 aliphatic heterocycles. The van der Waals surface area contributed by atoms with Crippen molar-refractivity contribution in [3.8, 4) is 21.1 Å². The largest absolute Gasteiger partial charge is 0.354 e. The third kappa shape index (κ3) is 4.13. The predicted molar refractivity (Wildman–Crippen MR) is 98.1 cm³/mol. The SMILES string of the molecule is CN(C)CCCNc1ncc(-c2cccs2)c(-c2nccs2)n1. The number of thiazole rings is 1. The first-order valence-corrected chi connectivity index (χ1v) is 9.19. The second-order valence-corrected chi connectivity index (χ2v) is 7.20. The van der Waals surface area contributed by atoms with Gasteiger partial charge in [-0.2, -0.15) is 0 Å². The molecule has 0 aliphatic carbocycles. The fraction of sp³-hybridized carbons (Fsp3) is 0.312. The van der Waals surface area contributed by atoms with Crippen LogP contribution in [0.1, 0.15) is 6.42 Å². The number of nitrogens with one attached hydrogen (secondary N) is 1. The summed E-state index contributed by atoms with van der Waals surface area (Å²) in [6, 6.07) is 4.13. The maximum Gasteiger partial charge on any atom is 0.223 e. The molecule has 5 nitrogen and oxygen atoms in total. The van der Waals surface area contributed by atoms with Gasteiger partial charge in [-0.05, 0) is 38.5 Å². The molecule has 3 heterocycles. The average molecular weight is 345 g/mol. The standard InChI is InChI=1S/C16H19N5S2/c1-21(2)8-4-6-18-16-19-11-12(13-5-3-9-22-13)14(20-16)15-17-7-10-23-15/h3,5,7,9-11H,4,6,8H2,1-2H3,(H,18,19,20). The van der Waals surface area contributed by atoms with E-state index in [0.717, 1.165) is 40.7 Å². The second-order valence-electron chi connectivity index (χ2n) is 5.35. The van der Waals surface area contributed by atoms with E-state index in [4.69, 9.17) is 4.98 Å². The molecule has 0 bridgehead atoms. The van der Waals surface area contributed by atoms with Crippen LogP contribution in [0, 0.1) is 0 Å². The van der Waals surface area contributed by atoms with Crippen LogP contribution in [0.3, 0.4) is 0 Å². The molecule has 0 fully saturated rings. The molecule has 0 amide bonds. The molecule has 0 spiro atoms. The van der Waals surface area contributed by atoms with Gasteiger partial charge in [-0.1, -0.05) is 6.07 Å². The van der Waals surface area contributed by atoms with Crippen molar-refractivity contribution < 1.29 is 0 Å². The van der Waals surface area contributed by atoms with E-state index in [1.54, 1.807) is 22.7 Å². The Balaban J connectivity index is 1.83. The van der Waals surface area contributed by atoms with Gasteiger partial charge in [0.25, 0.3) is 0 Å². The van der Waals surface area contributed by atoms with Gasteiger partial charge in [0.05, 0.1) is 0 Å². The lowest BCUT2D eigenvalue weighted by Gasteiger charge is -2.11. The smallest absolute Gasteiger partial charge is 0.223 e. The molecule has 3 aromatic heterocycles. The molecule has 0 unspecified atom stereocenters. The number of anilines is 1. The molecule has 1 N–H and O–H groups in total. The van der Waals surface area contributed by atoms with Gasteiger partial charge in [0, 0.05) is 34.8 Å². The van der Waals surface area contributed by atoms with Crippen LogP contribution in [0.2, 0.25) is 0 Å². The summed E-state index contributed by atoms with van der Waals surface area (Å²) in [5.41, 5.74) is 1.93. The fourth-order valence-electron chi connectivity index (χ4n) is 2.18. The van der Waals surface area contributed by atoms with Crippen LogP contribution < -0.4 is 5.32 Å². The zero-order chi connectivity index (χ0) is 16.1. The third-order valence-corrected chi connectivity index (χ3v) is 4.96. The summed E-state index contributed by atoms with van der Waals surface area (Å²) in [5, 5.41) is 8.27. The van der Waals surface area contributed by atoms with E-state index < -0.39 is 0 Å². The van der Waals surface area contributed by atoms with Crippen LogP contribution in [-0.2, 0) is 0 Å². The molecular formula is C16H19N5S2. The number of aromatic nitrogens is 3. The van der Waals surface area contributed by atoms with Crippen molar-refractivity contribution in [1.82, 2.24) is 19.9 Å². The fourth-order valence-corrected chi connectivity index (χ4v) is 3.55. The first-order valence-electron chi connectivity index (χ1n) is 7.43. The zero-order valence-corrected chi connectivity index (χ0v) is 14.8. The van der Waals surface area contributed by atoms with Gasteiger partial charge in [0.15, 0.2) is 0 Å². The molecule has 0 aliphatic rings. The topological polar surface area (TPSA) is 53.9 Å². The molecule has 3 aromatic rings. The van der Waals surface area contributed by atoms with Crippen LogP contribution in [0.25, 0.3) is 21.1 Å². The minimum atomic E-state index is 0.661. The van der Waals surface area contributed by atoms with Gasteiger partial charge >= 0.3 is 0 Å². The van der Waals surface area contributed by atoms with E-state index in [0.29, 0.717) is 5.95 Å². The Morgan fingerprint density at radius 2 is 2.09 bits per heavy atom. The molecule has 0 saturated heterocycles. The first kappa shape index (κ1) is 16.0. The molecular weight excluding hydrogens is 326 g/mol. The van der Waals surface area contributed by atoms with Crippen molar-refractivity contribution in [2.75, 3.05) is 32.5 Å². The molecule has 120 valence electrons. The molecule has 7 heteroatoms. The molecule has 23 heavy (non-hydrogen) atoms. The first-order chi connectivity index (χ1) is 11.2. The number of hydrogen-bond donors (Lipinski definition) is 1. The molecule has 0 saturated carbocycles. The Morgan fingerprint density at radius 1 is 1.17 bits per heavy atom. The number of nitrogens with zero attached hydrogens (tertiary/aromatic N) is 4. The van der Waals surface area contributed by atoms with Crippen molar-refractivity contribution >= 4 is 28.6 Å². The number of rotatable bonds is 7. The highest BCUT2D eigenvalue weighted by Crippen LogP contribution is 2.34. The lowest BCUT2D eigenvalue weighted by Crippen LogP contribution is -2.17. The van der Waals surface area contributed by atoms with Gasteiger partial charge in [-0.15, -0.1) is 22.7 Å². The molecule has 3 rings (SSSR count). The van der Waals surface area contributed by atoms with Gasteiger partial charge in [-0.25, -0.2) is 15.0 Å². The zero-order valence-electron chi connectivity index (χ0n) is 13.2. The van der Waals surface area contributed by atoms with E-state index in [-0.39, 0.29) is 0 Å². The maximum atomic E-state index is 4.71. The quantitative estimate of drug-likeness (QED) is 0.662. The van der Waals surface area contributed by atoms with Crippen molar-refractivity contribution in [2.45, 2.75) is 6.42 Å². The van der Waals surface area contributed by atoms with E-state index in [9.17, 15) is 0 Å². The maximum absolute atomic E-state index is 4.71. The van der Waals surface area contributed by atoms with Gasteiger partial charge in [0.1, 0.15) is 10.7 Å². The Bertz CT molecular complexity index is 723. The highest BCUT2D eigenvalue weighted by Gasteiger charge is 2.14. The average Bonchev–Trinajstić information content (AvgIpc) is 3.24. The highest BCUT2D eigenvalue weighted by molar-refractivity contribution is 7.14. The van der Waals surface area contributed by atoms with E-state index in [1.165, 1.54) is 0 Å². The minimum absolute atomic E-state index is 0.661. The van der Waals surface area contributed by atoms with Crippen LogP contribution in [0.5, 0.6) is 0 Å². The molecule has 0 aromatic carbocycles. The summed E-state index contributed by atoms with van der Waals surface area (Å²) in [4.78, 5) is 16.9. The van der Waals surface area contributed by atoms with Crippen molar-refractivity contribution in [3.63, 3.8) is 0 Å². The minimum Gasteiger partial charge on any atom is -0.354 e. The van der Waals surface area contributed by atoms with Gasteiger partial charge in [0.2, 0.25) is 5.95 Å². The Morgan fingerprint density at radius 3 is 2.78 bits per heavy atom. The van der Waals surface area contributed by atoms with Crippen LogP contribution in [0.4, 0.5) is 5.95 Å². The van der Waals surface area contributed by atoms with E-state index >= 15 is 0 Å². The van der Waals surface area contributed by atoms with Crippen LogP contribution in [0.15, 0.2) is 35.3 Å². The summed E-state index contributed by atoms with van der Waals surface area (Å²) in [5.74, 6) is 0.661. The predicted octanol–water partition coefficient (Wildman–Crippen LogP) is 3.69. The molecule has 0 atom stereocenters. The van der Waals surface area contributed by atoms with E-state index in [2.05, 4.69) is 45.7 Å². The van der Waals surface area contributed by atoms with E-state index in [1.807, 2.05) is 23.8 Å². The van der Waals surface area contributed by atoms with Crippen LogP contribution >= 0.6 is 22.7 Å². The normalized spacial score (nSPS) is 11.1. The van der Waals surface area contributed by atoms with Crippen molar-refractivity contribution in [1.29, 1.82) is 0 Å².